The molecular weight excluding hydrogens is 403 g/mol. The number of aryl methyl sites for hydroxylation is 2. The van der Waals surface area contributed by atoms with Crippen LogP contribution in [0.1, 0.15) is 30.3 Å². The molecule has 4 aromatic rings. The number of H-pyrrole nitrogens is 1. The molecule has 1 aliphatic carbocycles. The minimum absolute atomic E-state index is 0. The first kappa shape index (κ1) is 18.8. The van der Waals surface area contributed by atoms with E-state index in [0.717, 1.165) is 35.8 Å². The average Bonchev–Trinajstić information content (AvgIpc) is 3.37. The summed E-state index contributed by atoms with van der Waals surface area (Å²) in [5.41, 5.74) is 1.87. The Labute approximate surface area is 168 Å². The molecule has 0 aliphatic heterocycles. The first-order chi connectivity index (χ1) is 12.9. The van der Waals surface area contributed by atoms with Crippen molar-refractivity contribution in [1.82, 2.24) is 18.9 Å². The number of fused-ring (bicyclic) bond motifs is 2. The van der Waals surface area contributed by atoms with Crippen LogP contribution in [0.5, 0.6) is 0 Å². The molecule has 0 amide bonds. The summed E-state index contributed by atoms with van der Waals surface area (Å²) in [6, 6.07) is 4.93. The van der Waals surface area contributed by atoms with Gasteiger partial charge in [0.2, 0.25) is 5.43 Å². The highest BCUT2D eigenvalue weighted by Gasteiger charge is 2.30. The van der Waals surface area contributed by atoms with E-state index in [1.165, 1.54) is 6.07 Å². The minimum Gasteiger partial charge on any atom is -0.312 e. The molecule has 5 rings (SSSR count). The topological polar surface area (TPSA) is 80.6 Å². The van der Waals surface area contributed by atoms with Crippen molar-refractivity contribution in [2.24, 2.45) is 0 Å². The zero-order chi connectivity index (χ0) is 18.9. The Morgan fingerprint density at radius 3 is 2.46 bits per heavy atom. The summed E-state index contributed by atoms with van der Waals surface area (Å²) < 4.78 is 19.5. The second kappa shape index (κ2) is 6.49. The lowest BCUT2D eigenvalue weighted by atomic mass is 10.1. The third-order valence-electron chi connectivity index (χ3n) is 4.82. The molecule has 4 heterocycles. The molecule has 0 unspecified atom stereocenters. The van der Waals surface area contributed by atoms with Crippen LogP contribution in [0.4, 0.5) is 4.39 Å². The van der Waals surface area contributed by atoms with Gasteiger partial charge in [-0.2, -0.15) is 0 Å². The number of aromatic amines is 1. The fourth-order valence-corrected chi connectivity index (χ4v) is 4.48. The first-order valence-electron chi connectivity index (χ1n) is 8.65. The van der Waals surface area contributed by atoms with E-state index in [0.29, 0.717) is 16.0 Å². The van der Waals surface area contributed by atoms with Crippen molar-refractivity contribution >= 4 is 45.2 Å². The fourth-order valence-electron chi connectivity index (χ4n) is 3.57. The number of nitrogens with zero attached hydrogens (tertiary/aromatic N) is 3. The highest BCUT2D eigenvalue weighted by Crippen LogP contribution is 2.40. The lowest BCUT2D eigenvalue weighted by molar-refractivity contribution is 0.627. The Hall–Kier alpha value is -2.58. The van der Waals surface area contributed by atoms with Gasteiger partial charge in [-0.1, -0.05) is 0 Å². The Kier molecular flexibility index (Phi) is 4.35. The molecule has 0 saturated heterocycles. The maximum absolute atomic E-state index is 14.9. The quantitative estimate of drug-likeness (QED) is 0.535. The Morgan fingerprint density at radius 2 is 1.82 bits per heavy atom. The maximum atomic E-state index is 14.9. The van der Waals surface area contributed by atoms with E-state index in [1.54, 1.807) is 12.1 Å². The van der Waals surface area contributed by atoms with Crippen LogP contribution in [0.2, 0.25) is 0 Å². The van der Waals surface area contributed by atoms with Gasteiger partial charge in [-0.15, -0.1) is 12.4 Å². The number of rotatable bonds is 2. The van der Waals surface area contributed by atoms with Crippen LogP contribution in [-0.4, -0.2) is 18.9 Å². The molecule has 0 radical (unpaired) electrons. The number of aromatic nitrogens is 4. The minimum atomic E-state index is -0.585. The average molecular weight is 419 g/mol. The first-order valence-corrected chi connectivity index (χ1v) is 9.47. The predicted octanol–water partition coefficient (Wildman–Crippen LogP) is 3.87. The van der Waals surface area contributed by atoms with E-state index in [1.807, 2.05) is 18.4 Å². The second-order valence-corrected chi connectivity index (χ2v) is 7.77. The molecule has 1 saturated carbocycles. The Bertz CT molecular complexity index is 1350. The summed E-state index contributed by atoms with van der Waals surface area (Å²) in [7, 11) is 0. The van der Waals surface area contributed by atoms with Crippen LogP contribution in [0.25, 0.3) is 32.5 Å². The monoisotopic (exact) mass is 418 g/mol. The van der Waals surface area contributed by atoms with Gasteiger partial charge >= 0.3 is 0 Å². The summed E-state index contributed by atoms with van der Waals surface area (Å²) in [4.78, 5) is 34.4. The highest BCUT2D eigenvalue weighted by molar-refractivity contribution is 7.12. The summed E-state index contributed by atoms with van der Waals surface area (Å²) in [5.74, 6) is -0.585. The van der Waals surface area contributed by atoms with Gasteiger partial charge in [-0.25, -0.2) is 9.37 Å². The van der Waals surface area contributed by atoms with Crippen LogP contribution in [0.3, 0.4) is 0 Å². The Morgan fingerprint density at radius 1 is 1.14 bits per heavy atom. The van der Waals surface area contributed by atoms with Gasteiger partial charge in [0.05, 0.1) is 5.39 Å². The number of pyridine rings is 3. The summed E-state index contributed by atoms with van der Waals surface area (Å²) in [5, 5.41) is 0.228. The Balaban J connectivity index is 0.00000192. The van der Waals surface area contributed by atoms with Crippen LogP contribution >= 0.6 is 23.9 Å². The predicted molar refractivity (Wildman–Crippen MR) is 110 cm³/mol. The molecule has 6 nitrogen and oxygen atoms in total. The third kappa shape index (κ3) is 2.75. The van der Waals surface area contributed by atoms with Gasteiger partial charge in [-0.3, -0.25) is 18.9 Å². The van der Waals surface area contributed by atoms with Gasteiger partial charge in [-0.05, 0) is 56.4 Å². The number of nitrogens with one attached hydrogen (secondary N) is 1. The van der Waals surface area contributed by atoms with Gasteiger partial charge in [0.1, 0.15) is 27.4 Å². The summed E-state index contributed by atoms with van der Waals surface area (Å²) in [6.45, 7) is 3.69. The van der Waals surface area contributed by atoms with Gasteiger partial charge in [0.25, 0.3) is 5.56 Å². The highest BCUT2D eigenvalue weighted by atomic mass is 35.5. The smallest absolute Gasteiger partial charge is 0.271 e. The maximum Gasteiger partial charge on any atom is 0.271 e. The van der Waals surface area contributed by atoms with E-state index < -0.39 is 16.8 Å². The van der Waals surface area contributed by atoms with Crippen molar-refractivity contribution in [3.63, 3.8) is 0 Å². The molecule has 144 valence electrons. The van der Waals surface area contributed by atoms with Crippen molar-refractivity contribution < 1.29 is 4.39 Å². The molecule has 1 fully saturated rings. The largest absolute Gasteiger partial charge is 0.312 e. The van der Waals surface area contributed by atoms with Crippen LogP contribution in [0.15, 0.2) is 27.8 Å². The normalized spacial score (nSPS) is 13.8. The van der Waals surface area contributed by atoms with Crippen molar-refractivity contribution in [1.29, 1.82) is 0 Å². The van der Waals surface area contributed by atoms with E-state index in [9.17, 15) is 14.0 Å². The van der Waals surface area contributed by atoms with E-state index in [2.05, 4.69) is 14.3 Å². The second-order valence-electron chi connectivity index (χ2n) is 6.97. The van der Waals surface area contributed by atoms with Crippen LogP contribution in [-0.2, 0) is 0 Å². The summed E-state index contributed by atoms with van der Waals surface area (Å²) >= 11 is 1.13. The van der Waals surface area contributed by atoms with Gasteiger partial charge in [0.15, 0.2) is 0 Å². The van der Waals surface area contributed by atoms with Crippen molar-refractivity contribution in [2.45, 2.75) is 32.7 Å². The van der Waals surface area contributed by atoms with Gasteiger partial charge in [0, 0.05) is 23.0 Å². The lowest BCUT2D eigenvalue weighted by Crippen LogP contribution is -2.16. The molecule has 0 bridgehead atoms. The zero-order valence-electron chi connectivity index (χ0n) is 15.1. The van der Waals surface area contributed by atoms with Crippen molar-refractivity contribution in [3.8, 4) is 11.3 Å². The molecular formula is C19H16ClFN4O2S. The van der Waals surface area contributed by atoms with Crippen LogP contribution < -0.4 is 11.0 Å². The number of hydrogen-bond donors (Lipinski definition) is 1. The molecule has 4 aromatic heterocycles. The molecule has 0 aromatic carbocycles. The standard InChI is InChI=1S/C19H15FN4O2S.ClH/c1-8-5-10(6-9(2)21-8)15-13(20)7-12-16(25)14-18(26)23-27-19(14)24(11-3-4-11)17(12)22-15;/h5-7,11H,3-4H2,1-2H3,(H,23,26);1H. The van der Waals surface area contributed by atoms with E-state index in [-0.39, 0.29) is 34.9 Å². The SMILES string of the molecule is Cc1cc(-c2nc3c(cc2F)c(=O)c2c(=O)[nH]sc2n3C2CC2)cc(C)n1.Cl. The van der Waals surface area contributed by atoms with Crippen molar-refractivity contribution in [3.05, 3.63) is 56.0 Å². The van der Waals surface area contributed by atoms with Crippen LogP contribution in [0, 0.1) is 19.7 Å². The third-order valence-corrected chi connectivity index (χ3v) is 5.70. The molecule has 1 aliphatic rings. The number of hydrogen-bond acceptors (Lipinski definition) is 5. The zero-order valence-corrected chi connectivity index (χ0v) is 16.7. The molecule has 28 heavy (non-hydrogen) atoms. The molecule has 1 N–H and O–H groups in total. The summed E-state index contributed by atoms with van der Waals surface area (Å²) in [6.07, 6.45) is 1.89. The van der Waals surface area contributed by atoms with E-state index >= 15 is 0 Å². The lowest BCUT2D eigenvalue weighted by Gasteiger charge is -2.13. The van der Waals surface area contributed by atoms with E-state index in [4.69, 9.17) is 0 Å². The molecule has 0 atom stereocenters. The molecule has 9 heteroatoms. The number of halogens is 2. The van der Waals surface area contributed by atoms with Gasteiger partial charge < -0.3 is 4.57 Å². The fraction of sp³-hybridized carbons (Fsp3) is 0.263. The van der Waals surface area contributed by atoms with Crippen molar-refractivity contribution in [2.75, 3.05) is 0 Å². The molecule has 0 spiro atoms.